The molecule has 0 bridgehead atoms. The minimum atomic E-state index is -0.209. The monoisotopic (exact) mass is 364 g/mol. The van der Waals surface area contributed by atoms with Crippen LogP contribution in [0.5, 0.6) is 0 Å². The molecule has 0 aromatic heterocycles. The third-order valence-electron chi connectivity index (χ3n) is 2.56. The Bertz CT molecular complexity index is 589. The molecule has 0 spiro atoms. The van der Waals surface area contributed by atoms with Crippen molar-refractivity contribution < 1.29 is 4.79 Å². The Morgan fingerprint density at radius 1 is 1.11 bits per heavy atom. The van der Waals surface area contributed by atoms with E-state index in [4.69, 9.17) is 0 Å². The van der Waals surface area contributed by atoms with Crippen LogP contribution in [0.2, 0.25) is 0 Å². The zero-order valence-electron chi connectivity index (χ0n) is 10.4. The van der Waals surface area contributed by atoms with Crippen LogP contribution in [0.15, 0.2) is 53.6 Å². The third-order valence-corrected chi connectivity index (χ3v) is 3.28. The highest BCUT2D eigenvalue weighted by atomic mass is 127. The van der Waals surface area contributed by atoms with Gasteiger partial charge in [-0.1, -0.05) is 29.8 Å². The zero-order valence-corrected chi connectivity index (χ0v) is 12.6. The summed E-state index contributed by atoms with van der Waals surface area (Å²) in [5, 5.41) is 3.94. The number of halogens is 1. The Kier molecular flexibility index (Phi) is 4.68. The molecule has 0 radical (unpaired) electrons. The fourth-order valence-corrected chi connectivity index (χ4v) is 1.84. The standard InChI is InChI=1S/C15H13IN2O/c1-11-2-4-12(5-3-11)10-17-18-15(19)13-6-8-14(16)9-7-13/h2-10H,1H3,(H,18,19)/b17-10-. The molecule has 0 saturated heterocycles. The van der Waals surface area contributed by atoms with E-state index in [2.05, 4.69) is 33.1 Å². The normalized spacial score (nSPS) is 10.6. The number of hydrogen-bond donors (Lipinski definition) is 1. The van der Waals surface area contributed by atoms with Gasteiger partial charge in [-0.3, -0.25) is 4.79 Å². The Morgan fingerprint density at radius 2 is 1.74 bits per heavy atom. The number of hydrazone groups is 1. The van der Waals surface area contributed by atoms with E-state index >= 15 is 0 Å². The quantitative estimate of drug-likeness (QED) is 0.507. The number of nitrogens with zero attached hydrogens (tertiary/aromatic N) is 1. The maximum Gasteiger partial charge on any atom is 0.271 e. The molecule has 4 heteroatoms. The van der Waals surface area contributed by atoms with Gasteiger partial charge in [-0.15, -0.1) is 0 Å². The van der Waals surface area contributed by atoms with Crippen molar-refractivity contribution in [2.75, 3.05) is 0 Å². The fourth-order valence-electron chi connectivity index (χ4n) is 1.48. The van der Waals surface area contributed by atoms with Crippen LogP contribution >= 0.6 is 22.6 Å². The Labute approximate surface area is 125 Å². The van der Waals surface area contributed by atoms with Crippen LogP contribution in [0.4, 0.5) is 0 Å². The molecule has 1 N–H and O–H groups in total. The minimum absolute atomic E-state index is 0.209. The second-order valence-corrected chi connectivity index (χ2v) is 5.36. The first kappa shape index (κ1) is 13.7. The molecule has 0 saturated carbocycles. The lowest BCUT2D eigenvalue weighted by molar-refractivity contribution is 0.0955. The molecule has 0 aliphatic heterocycles. The van der Waals surface area contributed by atoms with E-state index in [9.17, 15) is 4.79 Å². The summed E-state index contributed by atoms with van der Waals surface area (Å²) in [7, 11) is 0. The maximum atomic E-state index is 11.8. The summed E-state index contributed by atoms with van der Waals surface area (Å²) in [5.41, 5.74) is 5.25. The van der Waals surface area contributed by atoms with Crippen molar-refractivity contribution in [1.82, 2.24) is 5.43 Å². The van der Waals surface area contributed by atoms with Crippen molar-refractivity contribution in [3.8, 4) is 0 Å². The van der Waals surface area contributed by atoms with Crippen LogP contribution < -0.4 is 5.43 Å². The van der Waals surface area contributed by atoms with E-state index in [0.717, 1.165) is 9.13 Å². The Balaban J connectivity index is 1.96. The first-order valence-corrected chi connectivity index (χ1v) is 6.89. The fraction of sp³-hybridized carbons (Fsp3) is 0.0667. The van der Waals surface area contributed by atoms with Crippen LogP contribution in [0.1, 0.15) is 21.5 Å². The molecule has 2 aromatic carbocycles. The van der Waals surface area contributed by atoms with Gasteiger partial charge < -0.3 is 0 Å². The van der Waals surface area contributed by atoms with Crippen molar-refractivity contribution in [2.45, 2.75) is 6.92 Å². The summed E-state index contributed by atoms with van der Waals surface area (Å²) in [4.78, 5) is 11.8. The van der Waals surface area contributed by atoms with E-state index in [-0.39, 0.29) is 5.91 Å². The first-order valence-electron chi connectivity index (χ1n) is 5.81. The van der Waals surface area contributed by atoms with E-state index in [1.807, 2.05) is 43.3 Å². The van der Waals surface area contributed by atoms with E-state index < -0.39 is 0 Å². The summed E-state index contributed by atoms with van der Waals surface area (Å²) in [5.74, 6) is -0.209. The SMILES string of the molecule is Cc1ccc(/C=N\NC(=O)c2ccc(I)cc2)cc1. The van der Waals surface area contributed by atoms with E-state index in [0.29, 0.717) is 5.56 Å². The van der Waals surface area contributed by atoms with Gasteiger partial charge in [-0.25, -0.2) is 5.43 Å². The van der Waals surface area contributed by atoms with Crippen LogP contribution in [-0.2, 0) is 0 Å². The number of hydrogen-bond acceptors (Lipinski definition) is 2. The second-order valence-electron chi connectivity index (χ2n) is 4.12. The number of rotatable bonds is 3. The average Bonchev–Trinajstić information content (AvgIpc) is 2.41. The summed E-state index contributed by atoms with van der Waals surface area (Å²) in [6, 6.07) is 15.2. The van der Waals surface area contributed by atoms with Crippen LogP contribution in [0.3, 0.4) is 0 Å². The van der Waals surface area contributed by atoms with Gasteiger partial charge in [0.15, 0.2) is 0 Å². The van der Waals surface area contributed by atoms with Crippen molar-refractivity contribution in [3.05, 3.63) is 68.8 Å². The maximum absolute atomic E-state index is 11.8. The molecule has 0 aliphatic rings. The van der Waals surface area contributed by atoms with E-state index in [1.165, 1.54) is 5.56 Å². The van der Waals surface area contributed by atoms with Crippen LogP contribution in [0, 0.1) is 10.5 Å². The van der Waals surface area contributed by atoms with Crippen LogP contribution in [-0.4, -0.2) is 12.1 Å². The molecule has 2 aromatic rings. The van der Waals surface area contributed by atoms with Gasteiger partial charge in [0.05, 0.1) is 6.21 Å². The smallest absolute Gasteiger partial charge is 0.267 e. The van der Waals surface area contributed by atoms with Gasteiger partial charge in [-0.2, -0.15) is 5.10 Å². The topological polar surface area (TPSA) is 41.5 Å². The number of nitrogens with one attached hydrogen (secondary N) is 1. The molecule has 2 rings (SSSR count). The number of aryl methyl sites for hydroxylation is 1. The Morgan fingerprint density at radius 3 is 2.37 bits per heavy atom. The molecule has 96 valence electrons. The average molecular weight is 364 g/mol. The van der Waals surface area contributed by atoms with Crippen molar-refractivity contribution in [3.63, 3.8) is 0 Å². The predicted octanol–water partition coefficient (Wildman–Crippen LogP) is 3.36. The summed E-state index contributed by atoms with van der Waals surface area (Å²) in [6.45, 7) is 2.03. The lowest BCUT2D eigenvalue weighted by atomic mass is 10.2. The molecule has 0 unspecified atom stereocenters. The molecule has 0 aliphatic carbocycles. The molecule has 0 fully saturated rings. The van der Waals surface area contributed by atoms with Gasteiger partial charge in [0.2, 0.25) is 0 Å². The second kappa shape index (κ2) is 6.47. The Hall–Kier alpha value is -1.69. The van der Waals surface area contributed by atoms with Gasteiger partial charge >= 0.3 is 0 Å². The number of benzene rings is 2. The van der Waals surface area contributed by atoms with Crippen LogP contribution in [0.25, 0.3) is 0 Å². The highest BCUT2D eigenvalue weighted by molar-refractivity contribution is 14.1. The summed E-state index contributed by atoms with van der Waals surface area (Å²) >= 11 is 2.20. The lowest BCUT2D eigenvalue weighted by Crippen LogP contribution is -2.17. The number of carbonyl (C=O) groups excluding carboxylic acids is 1. The van der Waals surface area contributed by atoms with Gasteiger partial charge in [0, 0.05) is 9.13 Å². The molecule has 0 atom stereocenters. The van der Waals surface area contributed by atoms with Crippen molar-refractivity contribution in [2.24, 2.45) is 5.10 Å². The van der Waals surface area contributed by atoms with Crippen molar-refractivity contribution >= 4 is 34.7 Å². The lowest BCUT2D eigenvalue weighted by Gasteiger charge is -2.00. The molecule has 3 nitrogen and oxygen atoms in total. The molecular formula is C15H13IN2O. The first-order chi connectivity index (χ1) is 9.15. The minimum Gasteiger partial charge on any atom is -0.267 e. The molecular weight excluding hydrogens is 351 g/mol. The third kappa shape index (κ3) is 4.17. The zero-order chi connectivity index (χ0) is 13.7. The highest BCUT2D eigenvalue weighted by Crippen LogP contribution is 2.06. The van der Waals surface area contributed by atoms with Gasteiger partial charge in [-0.05, 0) is 59.3 Å². The van der Waals surface area contributed by atoms with E-state index in [1.54, 1.807) is 18.3 Å². The molecule has 0 heterocycles. The molecule has 1 amide bonds. The number of amides is 1. The number of carbonyl (C=O) groups is 1. The molecule has 19 heavy (non-hydrogen) atoms. The van der Waals surface area contributed by atoms with Gasteiger partial charge in [0.25, 0.3) is 5.91 Å². The van der Waals surface area contributed by atoms with Gasteiger partial charge in [0.1, 0.15) is 0 Å². The highest BCUT2D eigenvalue weighted by Gasteiger charge is 2.02. The predicted molar refractivity (Wildman–Crippen MR) is 85.4 cm³/mol. The summed E-state index contributed by atoms with van der Waals surface area (Å²) < 4.78 is 1.09. The van der Waals surface area contributed by atoms with Crippen molar-refractivity contribution in [1.29, 1.82) is 0 Å². The summed E-state index contributed by atoms with van der Waals surface area (Å²) in [6.07, 6.45) is 1.63. The largest absolute Gasteiger partial charge is 0.271 e.